The Bertz CT molecular complexity index is 1430. The van der Waals surface area contributed by atoms with Gasteiger partial charge in [0, 0.05) is 42.0 Å². The maximum absolute atomic E-state index is 14.0. The molecule has 2 atom stereocenters. The zero-order valence-electron chi connectivity index (χ0n) is 22.5. The highest BCUT2D eigenvalue weighted by molar-refractivity contribution is 6.02. The van der Waals surface area contributed by atoms with Crippen LogP contribution in [-0.2, 0) is 10.2 Å². The first kappa shape index (κ1) is 27.2. The third kappa shape index (κ3) is 5.50. The normalized spacial score (nSPS) is 18.8. The number of pyridine rings is 1. The van der Waals surface area contributed by atoms with Gasteiger partial charge in [-0.3, -0.25) is 29.7 Å². The molecule has 1 aliphatic heterocycles. The first-order chi connectivity index (χ1) is 19.3. The summed E-state index contributed by atoms with van der Waals surface area (Å²) < 4.78 is 0. The number of aliphatic imine (C=N–C) groups is 1. The van der Waals surface area contributed by atoms with Gasteiger partial charge < -0.3 is 10.6 Å². The fourth-order valence-corrected chi connectivity index (χ4v) is 5.99. The lowest BCUT2D eigenvalue weighted by molar-refractivity contribution is -0.385. The molecule has 1 aliphatic carbocycles. The second-order valence-corrected chi connectivity index (χ2v) is 10.9. The second kappa shape index (κ2) is 11.4. The summed E-state index contributed by atoms with van der Waals surface area (Å²) >= 11 is 0. The van der Waals surface area contributed by atoms with E-state index >= 15 is 0 Å². The van der Waals surface area contributed by atoms with Crippen molar-refractivity contribution in [1.29, 1.82) is 0 Å². The summed E-state index contributed by atoms with van der Waals surface area (Å²) in [5, 5.41) is 17.6. The lowest BCUT2D eigenvalue weighted by Gasteiger charge is -2.39. The maximum atomic E-state index is 14.0. The summed E-state index contributed by atoms with van der Waals surface area (Å²) in [4.78, 5) is 47.7. The van der Waals surface area contributed by atoms with E-state index in [9.17, 15) is 19.7 Å². The van der Waals surface area contributed by atoms with Crippen LogP contribution >= 0.6 is 0 Å². The Morgan fingerprint density at radius 2 is 1.75 bits per heavy atom. The predicted molar refractivity (Wildman–Crippen MR) is 153 cm³/mol. The summed E-state index contributed by atoms with van der Waals surface area (Å²) in [5.74, 6) is -1.24. The van der Waals surface area contributed by atoms with Crippen LogP contribution in [0.3, 0.4) is 0 Å². The monoisotopic (exact) mass is 539 g/mol. The number of fused-ring (bicyclic) bond motifs is 1. The van der Waals surface area contributed by atoms with E-state index in [1.165, 1.54) is 18.2 Å². The van der Waals surface area contributed by atoms with Crippen LogP contribution in [0, 0.1) is 10.1 Å². The molecule has 3 aromatic rings. The van der Waals surface area contributed by atoms with Crippen LogP contribution in [0.25, 0.3) is 0 Å². The molecule has 1 fully saturated rings. The van der Waals surface area contributed by atoms with Crippen molar-refractivity contribution < 1.29 is 14.5 Å². The zero-order chi connectivity index (χ0) is 28.2. The average Bonchev–Trinajstić information content (AvgIpc) is 3.39. The van der Waals surface area contributed by atoms with E-state index in [1.807, 2.05) is 42.5 Å². The number of carbonyl (C=O) groups is 2. The van der Waals surface area contributed by atoms with Crippen molar-refractivity contribution >= 4 is 29.4 Å². The number of aromatic nitrogens is 1. The van der Waals surface area contributed by atoms with Crippen molar-refractivity contribution in [1.82, 2.24) is 15.6 Å². The van der Waals surface area contributed by atoms with Crippen molar-refractivity contribution in [3.05, 3.63) is 99.9 Å². The third-order valence-electron chi connectivity index (χ3n) is 8.20. The Kier molecular flexibility index (Phi) is 7.73. The molecule has 2 N–H and O–H groups in total. The lowest BCUT2D eigenvalue weighted by Crippen LogP contribution is -2.59. The first-order valence-corrected chi connectivity index (χ1v) is 13.7. The van der Waals surface area contributed by atoms with Crippen LogP contribution in [-0.4, -0.2) is 40.0 Å². The van der Waals surface area contributed by atoms with Gasteiger partial charge in [-0.25, -0.2) is 0 Å². The van der Waals surface area contributed by atoms with Crippen LogP contribution < -0.4 is 10.6 Å². The average molecular weight is 540 g/mol. The van der Waals surface area contributed by atoms with Gasteiger partial charge in [0.1, 0.15) is 11.1 Å². The number of nitrogens with one attached hydrogen (secondary N) is 2. The summed E-state index contributed by atoms with van der Waals surface area (Å²) in [5.41, 5.74) is 0.679. The van der Waals surface area contributed by atoms with Crippen LogP contribution in [0.1, 0.15) is 73.0 Å². The number of nitro groups is 1. The second-order valence-electron chi connectivity index (χ2n) is 10.9. The van der Waals surface area contributed by atoms with Gasteiger partial charge in [-0.2, -0.15) is 0 Å². The summed E-state index contributed by atoms with van der Waals surface area (Å²) in [6.07, 6.45) is 8.87. The van der Waals surface area contributed by atoms with E-state index in [-0.39, 0.29) is 34.9 Å². The predicted octanol–water partition coefficient (Wildman–Crippen LogP) is 5.39. The zero-order valence-corrected chi connectivity index (χ0v) is 22.5. The number of nitrogens with zero attached hydrogens (tertiary/aromatic N) is 3. The number of benzene rings is 2. The van der Waals surface area contributed by atoms with E-state index in [2.05, 4.69) is 20.6 Å². The SMILES string of the molecule is CC(CC1C=Nc2ccccc21)(NC(=O)c1ccccc1[N+](=O)[O-])C(=O)NCC1(c2ccccn2)CCCCC1. The Balaban J connectivity index is 1.43. The Labute approximate surface area is 233 Å². The van der Waals surface area contributed by atoms with Gasteiger partial charge in [0.15, 0.2) is 0 Å². The molecule has 1 saturated carbocycles. The molecule has 2 unspecified atom stereocenters. The number of rotatable bonds is 9. The van der Waals surface area contributed by atoms with Gasteiger partial charge in [0.25, 0.3) is 11.6 Å². The molecule has 5 rings (SSSR count). The van der Waals surface area contributed by atoms with Crippen LogP contribution in [0.2, 0.25) is 0 Å². The van der Waals surface area contributed by atoms with Gasteiger partial charge in [-0.1, -0.05) is 55.7 Å². The van der Waals surface area contributed by atoms with Gasteiger partial charge in [0.2, 0.25) is 5.91 Å². The van der Waals surface area contributed by atoms with Crippen molar-refractivity contribution in [3.63, 3.8) is 0 Å². The first-order valence-electron chi connectivity index (χ1n) is 13.7. The molecule has 0 saturated heterocycles. The quantitative estimate of drug-likeness (QED) is 0.279. The van der Waals surface area contributed by atoms with Crippen molar-refractivity contribution in [2.75, 3.05) is 6.54 Å². The number of para-hydroxylation sites is 2. The van der Waals surface area contributed by atoms with E-state index < -0.39 is 16.4 Å². The van der Waals surface area contributed by atoms with Gasteiger partial charge in [-0.15, -0.1) is 0 Å². The fraction of sp³-hybridized carbons (Fsp3) is 0.355. The van der Waals surface area contributed by atoms with Crippen LogP contribution in [0.4, 0.5) is 11.4 Å². The summed E-state index contributed by atoms with van der Waals surface area (Å²) in [6.45, 7) is 2.06. The van der Waals surface area contributed by atoms with Crippen molar-refractivity contribution in [2.24, 2.45) is 4.99 Å². The summed E-state index contributed by atoms with van der Waals surface area (Å²) in [6, 6.07) is 19.3. The highest BCUT2D eigenvalue weighted by Gasteiger charge is 2.42. The van der Waals surface area contributed by atoms with E-state index in [4.69, 9.17) is 0 Å². The Morgan fingerprint density at radius 1 is 1.02 bits per heavy atom. The molecule has 0 radical (unpaired) electrons. The molecule has 2 aliphatic rings. The molecule has 9 heteroatoms. The van der Waals surface area contributed by atoms with E-state index in [0.717, 1.165) is 49.0 Å². The maximum Gasteiger partial charge on any atom is 0.282 e. The molecule has 2 heterocycles. The van der Waals surface area contributed by atoms with Gasteiger partial charge >= 0.3 is 0 Å². The molecule has 0 spiro atoms. The molecular formula is C31H33N5O4. The van der Waals surface area contributed by atoms with Crippen molar-refractivity contribution in [2.45, 2.75) is 62.3 Å². The molecule has 2 amide bonds. The molecule has 9 nitrogen and oxygen atoms in total. The molecule has 2 aromatic carbocycles. The lowest BCUT2D eigenvalue weighted by atomic mass is 9.71. The molecule has 0 bridgehead atoms. The van der Waals surface area contributed by atoms with Crippen LogP contribution in [0.5, 0.6) is 0 Å². The largest absolute Gasteiger partial charge is 0.353 e. The molecule has 1 aromatic heterocycles. The number of carbonyl (C=O) groups excluding carboxylic acids is 2. The third-order valence-corrected chi connectivity index (χ3v) is 8.20. The standard InChI is InChI=1S/C31H33N5O4/c1-30(19-22-20-33-25-13-5-3-11-23(22)25,35-28(37)24-12-4-6-14-26(24)36(39)40)29(38)34-21-31(16-8-2-9-17-31)27-15-7-10-18-32-27/h3-7,10-15,18,20,22H,2,8-9,16-17,19,21H2,1H3,(H,34,38)(H,35,37). The number of amides is 2. The van der Waals surface area contributed by atoms with Crippen molar-refractivity contribution in [3.8, 4) is 0 Å². The number of hydrogen-bond acceptors (Lipinski definition) is 6. The highest BCUT2D eigenvalue weighted by Crippen LogP contribution is 2.39. The fourth-order valence-electron chi connectivity index (χ4n) is 5.99. The topological polar surface area (TPSA) is 127 Å². The van der Waals surface area contributed by atoms with Crippen LogP contribution in [0.15, 0.2) is 77.9 Å². The van der Waals surface area contributed by atoms with E-state index in [0.29, 0.717) is 6.54 Å². The highest BCUT2D eigenvalue weighted by atomic mass is 16.6. The molecule has 206 valence electrons. The smallest absolute Gasteiger partial charge is 0.282 e. The van der Waals surface area contributed by atoms with E-state index in [1.54, 1.807) is 25.4 Å². The molecule has 40 heavy (non-hydrogen) atoms. The Morgan fingerprint density at radius 3 is 2.50 bits per heavy atom. The number of hydrogen-bond donors (Lipinski definition) is 2. The number of nitro benzene ring substituents is 1. The molecular weight excluding hydrogens is 506 g/mol. The minimum atomic E-state index is -1.38. The minimum Gasteiger partial charge on any atom is -0.353 e. The minimum absolute atomic E-state index is 0.0933. The summed E-state index contributed by atoms with van der Waals surface area (Å²) in [7, 11) is 0. The Hall–Kier alpha value is -4.40. The van der Waals surface area contributed by atoms with Gasteiger partial charge in [-0.05, 0) is 56.0 Å². The van der Waals surface area contributed by atoms with Gasteiger partial charge in [0.05, 0.1) is 10.6 Å².